The maximum Gasteiger partial charge on any atom is 0.329 e. The van der Waals surface area contributed by atoms with Crippen molar-refractivity contribution in [2.75, 3.05) is 5.75 Å². The quantitative estimate of drug-likeness (QED) is 0.534. The lowest BCUT2D eigenvalue weighted by Crippen LogP contribution is -2.43. The Hall–Kier alpha value is -3.05. The monoisotopic (exact) mass is 405 g/mol. The predicted molar refractivity (Wildman–Crippen MR) is 117 cm³/mol. The standard InChI is InChI=1S/C24H23NO3S/c26-23(21-14-8-3-9-15-21)25-22(18-29-17-20-12-6-2-7-13-20)24(27)28-16-19-10-4-1-5-11-19/h1-15,22H,16-18H2,(H,25,26)/t22-/m0/s1. The van der Waals surface area contributed by atoms with Crippen molar-refractivity contribution in [1.82, 2.24) is 5.32 Å². The van der Waals surface area contributed by atoms with Gasteiger partial charge in [0.2, 0.25) is 0 Å². The molecule has 3 rings (SSSR count). The van der Waals surface area contributed by atoms with Crippen LogP contribution < -0.4 is 5.32 Å². The van der Waals surface area contributed by atoms with Gasteiger partial charge in [-0.25, -0.2) is 4.79 Å². The summed E-state index contributed by atoms with van der Waals surface area (Å²) < 4.78 is 5.46. The molecule has 0 saturated carbocycles. The highest BCUT2D eigenvalue weighted by Gasteiger charge is 2.23. The van der Waals surface area contributed by atoms with Gasteiger partial charge < -0.3 is 10.1 Å². The summed E-state index contributed by atoms with van der Waals surface area (Å²) in [5.74, 6) is 0.470. The molecule has 1 N–H and O–H groups in total. The summed E-state index contributed by atoms with van der Waals surface area (Å²) in [6.45, 7) is 0.181. The topological polar surface area (TPSA) is 55.4 Å². The molecule has 148 valence electrons. The van der Waals surface area contributed by atoms with Gasteiger partial charge in [0.25, 0.3) is 5.91 Å². The minimum atomic E-state index is -0.722. The molecule has 0 unspecified atom stereocenters. The van der Waals surface area contributed by atoms with Gasteiger partial charge in [-0.1, -0.05) is 78.9 Å². The third kappa shape index (κ3) is 6.80. The van der Waals surface area contributed by atoms with E-state index in [0.717, 1.165) is 11.3 Å². The maximum absolute atomic E-state index is 12.7. The Labute approximate surface area is 175 Å². The first-order valence-corrected chi connectivity index (χ1v) is 10.6. The van der Waals surface area contributed by atoms with E-state index in [-0.39, 0.29) is 12.5 Å². The summed E-state index contributed by atoms with van der Waals surface area (Å²) in [5.41, 5.74) is 2.59. The number of hydrogen-bond donors (Lipinski definition) is 1. The van der Waals surface area contributed by atoms with Crippen molar-refractivity contribution < 1.29 is 14.3 Å². The van der Waals surface area contributed by atoms with Crippen LogP contribution in [0.2, 0.25) is 0 Å². The number of amides is 1. The highest BCUT2D eigenvalue weighted by Crippen LogP contribution is 2.14. The van der Waals surface area contributed by atoms with Crippen LogP contribution in [0, 0.1) is 0 Å². The summed E-state index contributed by atoms with van der Waals surface area (Å²) in [4.78, 5) is 25.2. The number of nitrogens with one attached hydrogen (secondary N) is 1. The molecule has 0 radical (unpaired) electrons. The van der Waals surface area contributed by atoms with E-state index in [1.54, 1.807) is 36.0 Å². The molecule has 0 fully saturated rings. The van der Waals surface area contributed by atoms with Crippen LogP contribution in [0.4, 0.5) is 0 Å². The number of hydrogen-bond acceptors (Lipinski definition) is 4. The number of thioether (sulfide) groups is 1. The number of ether oxygens (including phenoxy) is 1. The lowest BCUT2D eigenvalue weighted by Gasteiger charge is -2.18. The fourth-order valence-corrected chi connectivity index (χ4v) is 3.70. The molecule has 0 saturated heterocycles. The second-order valence-corrected chi connectivity index (χ2v) is 7.52. The zero-order valence-corrected chi connectivity index (χ0v) is 16.8. The second kappa shape index (κ2) is 11.1. The molecule has 0 spiro atoms. The van der Waals surface area contributed by atoms with Crippen molar-refractivity contribution in [3.05, 3.63) is 108 Å². The van der Waals surface area contributed by atoms with E-state index in [4.69, 9.17) is 4.74 Å². The van der Waals surface area contributed by atoms with E-state index >= 15 is 0 Å². The molecule has 1 atom stereocenters. The van der Waals surface area contributed by atoms with Crippen molar-refractivity contribution in [2.24, 2.45) is 0 Å². The smallest absolute Gasteiger partial charge is 0.329 e. The van der Waals surface area contributed by atoms with Crippen molar-refractivity contribution in [3.8, 4) is 0 Å². The van der Waals surface area contributed by atoms with Crippen LogP contribution in [0.15, 0.2) is 91.0 Å². The van der Waals surface area contributed by atoms with Crippen LogP contribution in [0.25, 0.3) is 0 Å². The molecule has 3 aromatic carbocycles. The Kier molecular flexibility index (Phi) is 7.90. The maximum atomic E-state index is 12.7. The molecular weight excluding hydrogens is 382 g/mol. The van der Waals surface area contributed by atoms with Gasteiger partial charge in [-0.3, -0.25) is 4.79 Å². The van der Waals surface area contributed by atoms with E-state index < -0.39 is 12.0 Å². The van der Waals surface area contributed by atoms with Gasteiger partial charge in [-0.2, -0.15) is 11.8 Å². The number of rotatable bonds is 9. The van der Waals surface area contributed by atoms with Crippen molar-refractivity contribution in [1.29, 1.82) is 0 Å². The van der Waals surface area contributed by atoms with Gasteiger partial charge in [-0.15, -0.1) is 0 Å². The Morgan fingerprint density at radius 2 is 1.34 bits per heavy atom. The fraction of sp³-hybridized carbons (Fsp3) is 0.167. The molecule has 1 amide bonds. The first-order chi connectivity index (χ1) is 14.2. The first-order valence-electron chi connectivity index (χ1n) is 9.40. The van der Waals surface area contributed by atoms with Crippen LogP contribution >= 0.6 is 11.8 Å². The van der Waals surface area contributed by atoms with E-state index in [2.05, 4.69) is 5.32 Å². The lowest BCUT2D eigenvalue weighted by atomic mass is 10.2. The Bertz CT molecular complexity index is 901. The Balaban J connectivity index is 1.61. The van der Waals surface area contributed by atoms with Gasteiger partial charge >= 0.3 is 5.97 Å². The van der Waals surface area contributed by atoms with E-state index in [1.807, 2.05) is 66.7 Å². The highest BCUT2D eigenvalue weighted by atomic mass is 32.2. The molecule has 29 heavy (non-hydrogen) atoms. The van der Waals surface area contributed by atoms with Gasteiger partial charge in [-0.05, 0) is 23.3 Å². The number of benzene rings is 3. The zero-order valence-electron chi connectivity index (χ0n) is 16.0. The molecule has 0 aliphatic carbocycles. The molecule has 5 heteroatoms. The molecule has 0 aliphatic rings. The van der Waals surface area contributed by atoms with Crippen molar-refractivity contribution >= 4 is 23.6 Å². The normalized spacial score (nSPS) is 11.4. The van der Waals surface area contributed by atoms with E-state index in [0.29, 0.717) is 11.3 Å². The number of carbonyl (C=O) groups excluding carboxylic acids is 2. The Morgan fingerprint density at radius 1 is 0.793 bits per heavy atom. The fourth-order valence-electron chi connectivity index (χ4n) is 2.70. The summed E-state index contributed by atoms with van der Waals surface area (Å²) in [5, 5.41) is 2.82. The molecule has 0 aromatic heterocycles. The average Bonchev–Trinajstić information content (AvgIpc) is 2.78. The molecule has 0 bridgehead atoms. The third-order valence-electron chi connectivity index (χ3n) is 4.25. The number of esters is 1. The first kappa shape index (κ1) is 20.7. The average molecular weight is 406 g/mol. The van der Waals surface area contributed by atoms with Crippen LogP contribution in [0.3, 0.4) is 0 Å². The molecular formula is C24H23NO3S. The van der Waals surface area contributed by atoms with Gasteiger partial charge in [0.15, 0.2) is 0 Å². The summed E-state index contributed by atoms with van der Waals surface area (Å²) in [6, 6.07) is 27.7. The van der Waals surface area contributed by atoms with Crippen molar-refractivity contribution in [2.45, 2.75) is 18.4 Å². The van der Waals surface area contributed by atoms with Crippen molar-refractivity contribution in [3.63, 3.8) is 0 Å². The largest absolute Gasteiger partial charge is 0.459 e. The highest BCUT2D eigenvalue weighted by molar-refractivity contribution is 7.98. The van der Waals surface area contributed by atoms with Gasteiger partial charge in [0, 0.05) is 17.1 Å². The minimum absolute atomic E-state index is 0.181. The second-order valence-electron chi connectivity index (χ2n) is 6.49. The zero-order chi connectivity index (χ0) is 20.3. The summed E-state index contributed by atoms with van der Waals surface area (Å²) >= 11 is 1.59. The molecule has 3 aromatic rings. The minimum Gasteiger partial charge on any atom is -0.459 e. The van der Waals surface area contributed by atoms with E-state index in [1.165, 1.54) is 5.56 Å². The Morgan fingerprint density at radius 3 is 1.97 bits per heavy atom. The van der Waals surface area contributed by atoms with Crippen LogP contribution in [-0.2, 0) is 21.9 Å². The molecule has 0 heterocycles. The van der Waals surface area contributed by atoms with Gasteiger partial charge in [0.05, 0.1) is 0 Å². The molecule has 0 aliphatic heterocycles. The van der Waals surface area contributed by atoms with Gasteiger partial charge in [0.1, 0.15) is 12.6 Å². The van der Waals surface area contributed by atoms with Crippen LogP contribution in [0.5, 0.6) is 0 Å². The summed E-state index contributed by atoms with van der Waals surface area (Å²) in [7, 11) is 0. The summed E-state index contributed by atoms with van der Waals surface area (Å²) in [6.07, 6.45) is 0. The van der Waals surface area contributed by atoms with E-state index in [9.17, 15) is 9.59 Å². The SMILES string of the molecule is O=C(N[C@@H](CSCc1ccccc1)C(=O)OCc1ccccc1)c1ccccc1. The number of carbonyl (C=O) groups is 2. The third-order valence-corrected chi connectivity index (χ3v) is 5.35. The predicted octanol–water partition coefficient (Wildman–Crippen LogP) is 4.46. The van der Waals surface area contributed by atoms with Crippen LogP contribution in [0.1, 0.15) is 21.5 Å². The molecule has 4 nitrogen and oxygen atoms in total. The van der Waals surface area contributed by atoms with Crippen LogP contribution in [-0.4, -0.2) is 23.7 Å². The lowest BCUT2D eigenvalue weighted by molar-refractivity contribution is -0.146.